The van der Waals surface area contributed by atoms with Crippen LogP contribution in [0.25, 0.3) is 10.9 Å². The van der Waals surface area contributed by atoms with E-state index in [1.54, 1.807) is 13.1 Å². The molecule has 0 spiro atoms. The number of pyridine rings is 1. The van der Waals surface area contributed by atoms with Crippen molar-refractivity contribution in [3.8, 4) is 0 Å². The molecular weight excluding hydrogens is 332 g/mol. The number of hydrogen-bond donors (Lipinski definition) is 1. The van der Waals surface area contributed by atoms with Crippen LogP contribution in [-0.2, 0) is 9.53 Å². The fraction of sp³-hybridized carbons (Fsp3) is 0.375. The Balaban J connectivity index is 2.22. The molecule has 1 atom stereocenters. The topological polar surface area (TPSA) is 51.2 Å². The standard InChI is InChI=1S/C16H19BrN2O2/c1-10(15(20)21-16(2,3)4)19-13-7-5-6-11-8-12(17)9-18-14(11)13/h5-10,19H,1-4H3. The molecule has 2 aromatic rings. The third-order valence-electron chi connectivity index (χ3n) is 2.81. The molecule has 5 heteroatoms. The van der Waals surface area contributed by atoms with Crippen LogP contribution >= 0.6 is 15.9 Å². The molecule has 21 heavy (non-hydrogen) atoms. The largest absolute Gasteiger partial charge is 0.458 e. The lowest BCUT2D eigenvalue weighted by molar-refractivity contribution is -0.155. The highest BCUT2D eigenvalue weighted by Gasteiger charge is 2.22. The Hall–Kier alpha value is -1.62. The third-order valence-corrected chi connectivity index (χ3v) is 3.24. The summed E-state index contributed by atoms with van der Waals surface area (Å²) in [5.41, 5.74) is 1.16. The van der Waals surface area contributed by atoms with Crippen molar-refractivity contribution in [2.24, 2.45) is 0 Å². The van der Waals surface area contributed by atoms with Crippen LogP contribution in [-0.4, -0.2) is 22.6 Å². The summed E-state index contributed by atoms with van der Waals surface area (Å²) in [4.78, 5) is 16.4. The van der Waals surface area contributed by atoms with E-state index in [1.807, 2.05) is 45.0 Å². The number of nitrogens with zero attached hydrogens (tertiary/aromatic N) is 1. The van der Waals surface area contributed by atoms with Gasteiger partial charge in [-0.25, -0.2) is 4.79 Å². The number of carbonyl (C=O) groups excluding carboxylic acids is 1. The molecule has 0 aliphatic carbocycles. The van der Waals surface area contributed by atoms with Crippen molar-refractivity contribution in [3.63, 3.8) is 0 Å². The lowest BCUT2D eigenvalue weighted by Gasteiger charge is -2.23. The Kier molecular flexibility index (Phi) is 4.52. The van der Waals surface area contributed by atoms with Crippen LogP contribution in [0.3, 0.4) is 0 Å². The van der Waals surface area contributed by atoms with Gasteiger partial charge in [0.2, 0.25) is 0 Å². The van der Waals surface area contributed by atoms with E-state index in [-0.39, 0.29) is 5.97 Å². The molecule has 112 valence electrons. The minimum atomic E-state index is -0.491. The quantitative estimate of drug-likeness (QED) is 0.845. The second-order valence-electron chi connectivity index (χ2n) is 5.93. The predicted molar refractivity (Wildman–Crippen MR) is 88.4 cm³/mol. The maximum atomic E-state index is 12.0. The molecule has 2 rings (SSSR count). The number of anilines is 1. The van der Waals surface area contributed by atoms with Gasteiger partial charge in [-0.1, -0.05) is 12.1 Å². The summed E-state index contributed by atoms with van der Waals surface area (Å²) in [6.07, 6.45) is 1.74. The molecular formula is C16H19BrN2O2. The Bertz CT molecular complexity index is 665. The van der Waals surface area contributed by atoms with Crippen LogP contribution in [0, 0.1) is 0 Å². The highest BCUT2D eigenvalue weighted by molar-refractivity contribution is 9.10. The number of esters is 1. The molecule has 0 amide bonds. The Labute approximate surface area is 133 Å². The number of halogens is 1. The number of rotatable bonds is 3. The number of fused-ring (bicyclic) bond motifs is 1. The Morgan fingerprint density at radius 2 is 2.10 bits per heavy atom. The zero-order valence-corrected chi connectivity index (χ0v) is 14.2. The van der Waals surface area contributed by atoms with Crippen molar-refractivity contribution in [2.75, 3.05) is 5.32 Å². The third kappa shape index (κ3) is 4.17. The lowest BCUT2D eigenvalue weighted by Crippen LogP contribution is -2.34. The van der Waals surface area contributed by atoms with Crippen molar-refractivity contribution in [2.45, 2.75) is 39.3 Å². The van der Waals surface area contributed by atoms with Gasteiger partial charge >= 0.3 is 5.97 Å². The van der Waals surface area contributed by atoms with Crippen LogP contribution in [0.2, 0.25) is 0 Å². The Morgan fingerprint density at radius 1 is 1.38 bits per heavy atom. The SMILES string of the molecule is CC(Nc1cccc2cc(Br)cnc12)C(=O)OC(C)(C)C. The van der Waals surface area contributed by atoms with E-state index in [9.17, 15) is 4.79 Å². The number of aromatic nitrogens is 1. The van der Waals surface area contributed by atoms with Gasteiger partial charge in [0.05, 0.1) is 11.2 Å². The number of nitrogens with one attached hydrogen (secondary N) is 1. The van der Waals surface area contributed by atoms with E-state index in [4.69, 9.17) is 4.74 Å². The van der Waals surface area contributed by atoms with Crippen LogP contribution < -0.4 is 5.32 Å². The van der Waals surface area contributed by atoms with Gasteiger partial charge in [-0.3, -0.25) is 4.98 Å². The second-order valence-corrected chi connectivity index (χ2v) is 6.85. The number of benzene rings is 1. The van der Waals surface area contributed by atoms with Crippen LogP contribution in [0.5, 0.6) is 0 Å². The second kappa shape index (κ2) is 6.02. The molecule has 1 unspecified atom stereocenters. The first-order chi connectivity index (χ1) is 9.76. The molecule has 1 aromatic carbocycles. The highest BCUT2D eigenvalue weighted by Crippen LogP contribution is 2.24. The van der Waals surface area contributed by atoms with Gasteiger partial charge in [0, 0.05) is 16.1 Å². The summed E-state index contributed by atoms with van der Waals surface area (Å²) in [6, 6.07) is 7.37. The molecule has 0 radical (unpaired) electrons. The number of hydrogen-bond acceptors (Lipinski definition) is 4. The zero-order chi connectivity index (χ0) is 15.6. The van der Waals surface area contributed by atoms with Gasteiger partial charge in [-0.15, -0.1) is 0 Å². The normalized spacial score (nSPS) is 13.0. The summed E-state index contributed by atoms with van der Waals surface area (Å²) in [5.74, 6) is -0.281. The number of para-hydroxylation sites is 1. The molecule has 0 bridgehead atoms. The molecule has 4 nitrogen and oxygen atoms in total. The molecule has 0 saturated carbocycles. The summed E-state index contributed by atoms with van der Waals surface area (Å²) < 4.78 is 6.30. The maximum Gasteiger partial charge on any atom is 0.328 e. The number of carbonyl (C=O) groups is 1. The minimum absolute atomic E-state index is 0.281. The minimum Gasteiger partial charge on any atom is -0.458 e. The van der Waals surface area contributed by atoms with E-state index in [1.165, 1.54) is 0 Å². The molecule has 1 aromatic heterocycles. The Morgan fingerprint density at radius 3 is 2.76 bits per heavy atom. The lowest BCUT2D eigenvalue weighted by atomic mass is 10.1. The first kappa shape index (κ1) is 15.8. The van der Waals surface area contributed by atoms with Crippen molar-refractivity contribution in [3.05, 3.63) is 34.9 Å². The van der Waals surface area contributed by atoms with E-state index >= 15 is 0 Å². The molecule has 1 heterocycles. The monoisotopic (exact) mass is 350 g/mol. The summed E-state index contributed by atoms with van der Waals surface area (Å²) in [7, 11) is 0. The molecule has 0 aliphatic heterocycles. The van der Waals surface area contributed by atoms with Gasteiger partial charge in [-0.05, 0) is 55.8 Å². The van der Waals surface area contributed by atoms with E-state index in [0.29, 0.717) is 0 Å². The van der Waals surface area contributed by atoms with Crippen LogP contribution in [0.4, 0.5) is 5.69 Å². The molecule has 0 aliphatic rings. The van der Waals surface area contributed by atoms with Gasteiger partial charge < -0.3 is 10.1 Å². The van der Waals surface area contributed by atoms with Crippen LogP contribution in [0.1, 0.15) is 27.7 Å². The van der Waals surface area contributed by atoms with Crippen LogP contribution in [0.15, 0.2) is 34.9 Å². The van der Waals surface area contributed by atoms with Gasteiger partial charge in [-0.2, -0.15) is 0 Å². The van der Waals surface area contributed by atoms with Gasteiger partial charge in [0.15, 0.2) is 0 Å². The average molecular weight is 351 g/mol. The van der Waals surface area contributed by atoms with Gasteiger partial charge in [0.1, 0.15) is 11.6 Å². The van der Waals surface area contributed by atoms with E-state index in [2.05, 4.69) is 26.2 Å². The summed E-state index contributed by atoms with van der Waals surface area (Å²) >= 11 is 3.41. The number of ether oxygens (including phenoxy) is 1. The molecule has 0 fully saturated rings. The van der Waals surface area contributed by atoms with Gasteiger partial charge in [0.25, 0.3) is 0 Å². The molecule has 1 N–H and O–H groups in total. The first-order valence-electron chi connectivity index (χ1n) is 6.80. The van der Waals surface area contributed by atoms with Crippen molar-refractivity contribution < 1.29 is 9.53 Å². The first-order valence-corrected chi connectivity index (χ1v) is 7.59. The summed E-state index contributed by atoms with van der Waals surface area (Å²) in [5, 5.41) is 4.18. The smallest absolute Gasteiger partial charge is 0.328 e. The van der Waals surface area contributed by atoms with E-state index < -0.39 is 11.6 Å². The summed E-state index contributed by atoms with van der Waals surface area (Å²) in [6.45, 7) is 7.35. The van der Waals surface area contributed by atoms with E-state index in [0.717, 1.165) is 21.1 Å². The molecule has 0 saturated heterocycles. The maximum absolute atomic E-state index is 12.0. The zero-order valence-electron chi connectivity index (χ0n) is 12.6. The van der Waals surface area contributed by atoms with Crippen molar-refractivity contribution >= 4 is 38.5 Å². The fourth-order valence-corrected chi connectivity index (χ4v) is 2.28. The fourth-order valence-electron chi connectivity index (χ4n) is 1.93. The average Bonchev–Trinajstić information content (AvgIpc) is 2.36. The van der Waals surface area contributed by atoms with Crippen molar-refractivity contribution in [1.29, 1.82) is 0 Å². The highest BCUT2D eigenvalue weighted by atomic mass is 79.9. The van der Waals surface area contributed by atoms with Crippen molar-refractivity contribution in [1.82, 2.24) is 4.98 Å². The predicted octanol–water partition coefficient (Wildman–Crippen LogP) is 4.14.